The number of hydrogen-bond donors (Lipinski definition) is 2. The molecule has 1 unspecified atom stereocenters. The minimum absolute atomic E-state index is 0. The molecule has 27 heavy (non-hydrogen) atoms. The Bertz CT molecular complexity index is 649. The number of ether oxygens (including phenoxy) is 2. The molecule has 150 valence electrons. The van der Waals surface area contributed by atoms with Gasteiger partial charge in [0.05, 0.1) is 6.54 Å². The van der Waals surface area contributed by atoms with Crippen molar-refractivity contribution >= 4 is 29.9 Å². The monoisotopic (exact) mass is 486 g/mol. The Labute approximate surface area is 179 Å². The van der Waals surface area contributed by atoms with Gasteiger partial charge in [0, 0.05) is 31.7 Å². The average Bonchev–Trinajstić information content (AvgIpc) is 3.39. The molecule has 0 spiro atoms. The maximum Gasteiger partial charge on any atom is 0.231 e. The zero-order valence-corrected chi connectivity index (χ0v) is 18.4. The molecule has 1 aliphatic carbocycles. The predicted octanol–water partition coefficient (Wildman–Crippen LogP) is 3.11. The van der Waals surface area contributed by atoms with E-state index in [9.17, 15) is 0 Å². The summed E-state index contributed by atoms with van der Waals surface area (Å²) in [6, 6.07) is 7.34. The molecule has 0 amide bonds. The molecule has 0 aromatic heterocycles. The van der Waals surface area contributed by atoms with Gasteiger partial charge in [-0.2, -0.15) is 0 Å². The van der Waals surface area contributed by atoms with Crippen LogP contribution in [0, 0.1) is 0 Å². The second-order valence-electron chi connectivity index (χ2n) is 7.45. The minimum Gasteiger partial charge on any atom is -0.454 e. The first-order valence-electron chi connectivity index (χ1n) is 9.99. The molecule has 7 heteroatoms. The summed E-state index contributed by atoms with van der Waals surface area (Å²) in [5.74, 6) is 2.54. The van der Waals surface area contributed by atoms with E-state index in [1.807, 2.05) is 12.1 Å². The molecule has 0 bridgehead atoms. The maximum atomic E-state index is 5.45. The van der Waals surface area contributed by atoms with Gasteiger partial charge in [-0.25, -0.2) is 4.99 Å². The summed E-state index contributed by atoms with van der Waals surface area (Å²) >= 11 is 0. The van der Waals surface area contributed by atoms with Gasteiger partial charge >= 0.3 is 0 Å². The van der Waals surface area contributed by atoms with E-state index < -0.39 is 0 Å². The lowest BCUT2D eigenvalue weighted by Gasteiger charge is -2.24. The van der Waals surface area contributed by atoms with Crippen LogP contribution < -0.4 is 20.1 Å². The molecule has 2 aliphatic heterocycles. The zero-order valence-electron chi connectivity index (χ0n) is 16.1. The van der Waals surface area contributed by atoms with Crippen LogP contribution >= 0.6 is 24.0 Å². The number of nitrogens with zero attached hydrogens (tertiary/aromatic N) is 2. The van der Waals surface area contributed by atoms with Crippen LogP contribution in [-0.4, -0.2) is 49.4 Å². The van der Waals surface area contributed by atoms with Crippen LogP contribution in [0.15, 0.2) is 23.2 Å². The number of aliphatic imine (C=N–C) groups is 1. The van der Waals surface area contributed by atoms with Crippen molar-refractivity contribution in [3.8, 4) is 11.5 Å². The van der Waals surface area contributed by atoms with E-state index in [0.29, 0.717) is 19.4 Å². The molecule has 1 saturated heterocycles. The quantitative estimate of drug-likeness (QED) is 0.381. The number of rotatable bonds is 5. The highest BCUT2D eigenvalue weighted by Gasteiger charge is 2.30. The molecule has 1 saturated carbocycles. The fraction of sp³-hybridized carbons (Fsp3) is 0.650. The summed E-state index contributed by atoms with van der Waals surface area (Å²) in [5.41, 5.74) is 1.13. The van der Waals surface area contributed by atoms with E-state index >= 15 is 0 Å². The molecule has 4 rings (SSSR count). The first-order chi connectivity index (χ1) is 12.8. The number of nitrogens with one attached hydrogen (secondary N) is 2. The normalized spacial score (nSPS) is 22.7. The van der Waals surface area contributed by atoms with E-state index in [-0.39, 0.29) is 24.0 Å². The van der Waals surface area contributed by atoms with Crippen molar-refractivity contribution in [2.75, 3.05) is 26.4 Å². The fourth-order valence-electron chi connectivity index (χ4n) is 4.23. The Hall–Kier alpha value is -1.22. The Balaban J connectivity index is 0.00000210. The van der Waals surface area contributed by atoms with Crippen molar-refractivity contribution in [2.24, 2.45) is 4.99 Å². The molecule has 2 N–H and O–H groups in total. The first kappa shape index (κ1) is 20.5. The fourth-order valence-corrected chi connectivity index (χ4v) is 4.23. The molecule has 0 radical (unpaired) electrons. The second-order valence-corrected chi connectivity index (χ2v) is 7.45. The Kier molecular flexibility index (Phi) is 7.46. The molecular formula is C20H31IN4O2. The van der Waals surface area contributed by atoms with E-state index in [1.54, 1.807) is 0 Å². The molecule has 2 heterocycles. The minimum atomic E-state index is 0. The van der Waals surface area contributed by atoms with Gasteiger partial charge in [-0.05, 0) is 43.9 Å². The van der Waals surface area contributed by atoms with Gasteiger partial charge in [-0.1, -0.05) is 18.9 Å². The van der Waals surface area contributed by atoms with Crippen molar-refractivity contribution in [3.05, 3.63) is 23.8 Å². The number of hydrogen-bond acceptors (Lipinski definition) is 4. The third-order valence-corrected chi connectivity index (χ3v) is 5.60. The van der Waals surface area contributed by atoms with Crippen molar-refractivity contribution < 1.29 is 9.47 Å². The third kappa shape index (κ3) is 5.19. The molecule has 3 aliphatic rings. The number of benzene rings is 1. The molecule has 6 nitrogen and oxygen atoms in total. The van der Waals surface area contributed by atoms with Crippen molar-refractivity contribution in [2.45, 2.75) is 57.7 Å². The number of fused-ring (bicyclic) bond motifs is 1. The van der Waals surface area contributed by atoms with Crippen LogP contribution in [-0.2, 0) is 6.54 Å². The van der Waals surface area contributed by atoms with Gasteiger partial charge in [0.1, 0.15) is 0 Å². The summed E-state index contributed by atoms with van der Waals surface area (Å²) < 4.78 is 10.8. The molecule has 1 atom stereocenters. The van der Waals surface area contributed by atoms with Crippen molar-refractivity contribution in [1.29, 1.82) is 0 Å². The van der Waals surface area contributed by atoms with Crippen LogP contribution in [0.3, 0.4) is 0 Å². The summed E-state index contributed by atoms with van der Waals surface area (Å²) in [5, 5.41) is 7.02. The second kappa shape index (κ2) is 9.82. The Morgan fingerprint density at radius 2 is 2.00 bits per heavy atom. The summed E-state index contributed by atoms with van der Waals surface area (Å²) in [4.78, 5) is 7.45. The Morgan fingerprint density at radius 1 is 1.19 bits per heavy atom. The smallest absolute Gasteiger partial charge is 0.231 e. The van der Waals surface area contributed by atoms with E-state index in [2.05, 4.69) is 28.5 Å². The topological polar surface area (TPSA) is 58.1 Å². The summed E-state index contributed by atoms with van der Waals surface area (Å²) in [6.07, 6.45) is 6.76. The van der Waals surface area contributed by atoms with Gasteiger partial charge in [0.15, 0.2) is 17.5 Å². The highest BCUT2D eigenvalue weighted by atomic mass is 127. The number of guanidine groups is 1. The standard InChI is InChI=1S/C20H30N4O2.HI/c1-2-21-20(22-12-15-7-8-18-19(11-15)26-14-25-18)23-16-9-10-24(13-16)17-5-3-4-6-17;/h7-8,11,16-17H,2-6,9-10,12-14H2,1H3,(H2,21,22,23);1H. The predicted molar refractivity (Wildman–Crippen MR) is 118 cm³/mol. The molecule has 1 aromatic rings. The van der Waals surface area contributed by atoms with E-state index in [0.717, 1.165) is 42.2 Å². The average molecular weight is 486 g/mol. The summed E-state index contributed by atoms with van der Waals surface area (Å²) in [7, 11) is 0. The van der Waals surface area contributed by atoms with Crippen LogP contribution in [0.1, 0.15) is 44.6 Å². The molecule has 1 aromatic carbocycles. The van der Waals surface area contributed by atoms with Crippen LogP contribution in [0.25, 0.3) is 0 Å². The highest BCUT2D eigenvalue weighted by molar-refractivity contribution is 14.0. The van der Waals surface area contributed by atoms with Gasteiger partial charge in [-0.3, -0.25) is 4.90 Å². The lowest BCUT2D eigenvalue weighted by atomic mass is 10.2. The molecule has 2 fully saturated rings. The van der Waals surface area contributed by atoms with E-state index in [4.69, 9.17) is 14.5 Å². The largest absolute Gasteiger partial charge is 0.454 e. The van der Waals surface area contributed by atoms with Gasteiger partial charge in [-0.15, -0.1) is 24.0 Å². The van der Waals surface area contributed by atoms with Gasteiger partial charge in [0.2, 0.25) is 6.79 Å². The van der Waals surface area contributed by atoms with Gasteiger partial charge < -0.3 is 20.1 Å². The number of likely N-dealkylation sites (tertiary alicyclic amines) is 1. The maximum absolute atomic E-state index is 5.45. The van der Waals surface area contributed by atoms with Crippen molar-refractivity contribution in [3.63, 3.8) is 0 Å². The van der Waals surface area contributed by atoms with Crippen LogP contribution in [0.5, 0.6) is 11.5 Å². The van der Waals surface area contributed by atoms with E-state index in [1.165, 1.54) is 38.6 Å². The lowest BCUT2D eigenvalue weighted by Crippen LogP contribution is -2.45. The lowest BCUT2D eigenvalue weighted by molar-refractivity contribution is 0.174. The number of halogens is 1. The van der Waals surface area contributed by atoms with Crippen LogP contribution in [0.4, 0.5) is 0 Å². The first-order valence-corrected chi connectivity index (χ1v) is 9.99. The SMILES string of the molecule is CCNC(=NCc1ccc2c(c1)OCO2)NC1CCN(C2CCCC2)C1.I. The third-order valence-electron chi connectivity index (χ3n) is 5.60. The zero-order chi connectivity index (χ0) is 17.8. The van der Waals surface area contributed by atoms with Gasteiger partial charge in [0.25, 0.3) is 0 Å². The van der Waals surface area contributed by atoms with Crippen LogP contribution in [0.2, 0.25) is 0 Å². The Morgan fingerprint density at radius 3 is 2.81 bits per heavy atom. The summed E-state index contributed by atoms with van der Waals surface area (Å²) in [6.45, 7) is 6.27. The highest BCUT2D eigenvalue weighted by Crippen LogP contribution is 2.32. The molecular weight excluding hydrogens is 455 g/mol. The van der Waals surface area contributed by atoms with Crippen molar-refractivity contribution in [1.82, 2.24) is 15.5 Å².